The van der Waals surface area contributed by atoms with Crippen molar-refractivity contribution in [3.05, 3.63) is 65.5 Å². The lowest BCUT2D eigenvalue weighted by Crippen LogP contribution is -2.21. The van der Waals surface area contributed by atoms with Gasteiger partial charge in [-0.15, -0.1) is 0 Å². The van der Waals surface area contributed by atoms with Crippen LogP contribution in [0.5, 0.6) is 5.75 Å². The lowest BCUT2D eigenvalue weighted by Gasteiger charge is -2.21. The Balaban J connectivity index is 1.52. The van der Waals surface area contributed by atoms with E-state index in [-0.39, 0.29) is 23.7 Å². The van der Waals surface area contributed by atoms with Gasteiger partial charge in [0, 0.05) is 24.2 Å². The monoisotopic (exact) mass is 356 g/mol. The standard InChI is InChI=1S/C21H21FO4/c22-17-8-4-15(5-9-17)21(24)16-6-10-19(11-7-16)26-20(23)13-12-18-3-1-2-14-25-18/h4-11,18H,1-3,12-14H2. The van der Waals surface area contributed by atoms with Crippen LogP contribution in [0.2, 0.25) is 0 Å². The number of halogens is 1. The third-order valence-electron chi connectivity index (χ3n) is 4.40. The zero-order valence-corrected chi connectivity index (χ0v) is 14.4. The Morgan fingerprint density at radius 1 is 1.00 bits per heavy atom. The Bertz CT molecular complexity index is 747. The molecule has 0 bridgehead atoms. The highest BCUT2D eigenvalue weighted by Gasteiger charge is 2.16. The summed E-state index contributed by atoms with van der Waals surface area (Å²) in [4.78, 5) is 24.3. The fraction of sp³-hybridized carbons (Fsp3) is 0.333. The molecule has 0 N–H and O–H groups in total. The molecule has 2 aromatic carbocycles. The molecule has 1 fully saturated rings. The van der Waals surface area contributed by atoms with Crippen LogP contribution in [0.15, 0.2) is 48.5 Å². The number of ether oxygens (including phenoxy) is 2. The minimum absolute atomic E-state index is 0.145. The maximum atomic E-state index is 12.9. The summed E-state index contributed by atoms with van der Waals surface area (Å²) in [5, 5.41) is 0. The van der Waals surface area contributed by atoms with Crippen molar-refractivity contribution in [1.29, 1.82) is 0 Å². The summed E-state index contributed by atoms with van der Waals surface area (Å²) in [6.45, 7) is 0.767. The normalized spacial score (nSPS) is 16.9. The second kappa shape index (κ2) is 8.72. The second-order valence-corrected chi connectivity index (χ2v) is 6.36. The third kappa shape index (κ3) is 4.99. The molecule has 0 amide bonds. The van der Waals surface area contributed by atoms with Crippen molar-refractivity contribution >= 4 is 11.8 Å². The van der Waals surface area contributed by atoms with Gasteiger partial charge < -0.3 is 9.47 Å². The highest BCUT2D eigenvalue weighted by Crippen LogP contribution is 2.19. The van der Waals surface area contributed by atoms with E-state index in [1.54, 1.807) is 24.3 Å². The largest absolute Gasteiger partial charge is 0.427 e. The third-order valence-corrected chi connectivity index (χ3v) is 4.40. The molecule has 1 saturated heterocycles. The lowest BCUT2D eigenvalue weighted by molar-refractivity contribution is -0.135. The van der Waals surface area contributed by atoms with Crippen LogP contribution in [0, 0.1) is 5.82 Å². The van der Waals surface area contributed by atoms with Crippen LogP contribution in [0.1, 0.15) is 48.0 Å². The predicted molar refractivity (Wildman–Crippen MR) is 94.7 cm³/mol. The predicted octanol–water partition coefficient (Wildman–Crippen LogP) is 4.31. The summed E-state index contributed by atoms with van der Waals surface area (Å²) in [5.41, 5.74) is 0.857. The first kappa shape index (κ1) is 18.3. The van der Waals surface area contributed by atoms with E-state index in [0.717, 1.165) is 25.9 Å². The van der Waals surface area contributed by atoms with Crippen molar-refractivity contribution in [2.75, 3.05) is 6.61 Å². The zero-order valence-electron chi connectivity index (χ0n) is 14.4. The van der Waals surface area contributed by atoms with Crippen molar-refractivity contribution in [2.45, 2.75) is 38.2 Å². The fourth-order valence-corrected chi connectivity index (χ4v) is 2.94. The first-order valence-corrected chi connectivity index (χ1v) is 8.84. The molecule has 0 spiro atoms. The number of ketones is 1. The van der Waals surface area contributed by atoms with Gasteiger partial charge in [-0.25, -0.2) is 4.39 Å². The molecule has 26 heavy (non-hydrogen) atoms. The van der Waals surface area contributed by atoms with E-state index < -0.39 is 0 Å². The average Bonchev–Trinajstić information content (AvgIpc) is 2.68. The summed E-state index contributed by atoms with van der Waals surface area (Å²) in [6, 6.07) is 11.8. The minimum atomic E-state index is -0.387. The van der Waals surface area contributed by atoms with Gasteiger partial charge in [-0.2, -0.15) is 0 Å². The van der Waals surface area contributed by atoms with Gasteiger partial charge in [0.2, 0.25) is 0 Å². The average molecular weight is 356 g/mol. The minimum Gasteiger partial charge on any atom is -0.427 e. The van der Waals surface area contributed by atoms with Crippen LogP contribution in [0.25, 0.3) is 0 Å². The molecule has 2 aromatic rings. The summed E-state index contributed by atoms with van der Waals surface area (Å²) in [6.07, 6.45) is 4.34. The second-order valence-electron chi connectivity index (χ2n) is 6.36. The molecule has 0 radical (unpaired) electrons. The molecular formula is C21H21FO4. The summed E-state index contributed by atoms with van der Waals surface area (Å²) >= 11 is 0. The van der Waals surface area contributed by atoms with E-state index >= 15 is 0 Å². The van der Waals surface area contributed by atoms with E-state index in [1.165, 1.54) is 24.3 Å². The van der Waals surface area contributed by atoms with Gasteiger partial charge in [0.1, 0.15) is 11.6 Å². The molecular weight excluding hydrogens is 335 g/mol. The Morgan fingerprint density at radius 2 is 1.65 bits per heavy atom. The van der Waals surface area contributed by atoms with Crippen molar-refractivity contribution in [3.8, 4) is 5.75 Å². The van der Waals surface area contributed by atoms with Crippen molar-refractivity contribution < 1.29 is 23.5 Å². The summed E-state index contributed by atoms with van der Waals surface area (Å²) < 4.78 is 23.8. The first-order valence-electron chi connectivity index (χ1n) is 8.84. The first-order chi connectivity index (χ1) is 12.6. The Kier molecular flexibility index (Phi) is 6.12. The van der Waals surface area contributed by atoms with E-state index in [4.69, 9.17) is 9.47 Å². The van der Waals surface area contributed by atoms with E-state index in [2.05, 4.69) is 0 Å². The van der Waals surface area contributed by atoms with Crippen LogP contribution in [0.4, 0.5) is 4.39 Å². The smallest absolute Gasteiger partial charge is 0.311 e. The SMILES string of the molecule is O=C(CCC1CCCCO1)Oc1ccc(C(=O)c2ccc(F)cc2)cc1. The van der Waals surface area contributed by atoms with Crippen LogP contribution < -0.4 is 4.74 Å². The van der Waals surface area contributed by atoms with E-state index in [0.29, 0.717) is 29.7 Å². The van der Waals surface area contributed by atoms with Gasteiger partial charge in [-0.05, 0) is 74.2 Å². The van der Waals surface area contributed by atoms with Gasteiger partial charge in [0.15, 0.2) is 5.78 Å². The van der Waals surface area contributed by atoms with Crippen molar-refractivity contribution in [3.63, 3.8) is 0 Å². The maximum absolute atomic E-state index is 12.9. The Hall–Kier alpha value is -2.53. The highest BCUT2D eigenvalue weighted by atomic mass is 19.1. The van der Waals surface area contributed by atoms with Crippen molar-refractivity contribution in [2.24, 2.45) is 0 Å². The van der Waals surface area contributed by atoms with Crippen molar-refractivity contribution in [1.82, 2.24) is 0 Å². The quantitative estimate of drug-likeness (QED) is 0.440. The molecule has 1 unspecified atom stereocenters. The zero-order chi connectivity index (χ0) is 18.4. The lowest BCUT2D eigenvalue weighted by atomic mass is 10.0. The number of hydrogen-bond acceptors (Lipinski definition) is 4. The molecule has 0 saturated carbocycles. The molecule has 3 rings (SSSR count). The van der Waals surface area contributed by atoms with Gasteiger partial charge in [0.25, 0.3) is 0 Å². The fourth-order valence-electron chi connectivity index (χ4n) is 2.94. The topological polar surface area (TPSA) is 52.6 Å². The van der Waals surface area contributed by atoms with Gasteiger partial charge in [-0.3, -0.25) is 9.59 Å². The molecule has 4 nitrogen and oxygen atoms in total. The molecule has 1 aliphatic rings. The van der Waals surface area contributed by atoms with Crippen LogP contribution in [-0.2, 0) is 9.53 Å². The van der Waals surface area contributed by atoms with Crippen LogP contribution in [-0.4, -0.2) is 24.5 Å². The molecule has 0 aliphatic carbocycles. The number of benzene rings is 2. The van der Waals surface area contributed by atoms with Gasteiger partial charge >= 0.3 is 5.97 Å². The van der Waals surface area contributed by atoms with Crippen LogP contribution in [0.3, 0.4) is 0 Å². The summed E-state index contributed by atoms with van der Waals surface area (Å²) in [5.74, 6) is -0.508. The number of esters is 1. The molecule has 1 aliphatic heterocycles. The highest BCUT2D eigenvalue weighted by molar-refractivity contribution is 6.09. The molecule has 1 atom stereocenters. The van der Waals surface area contributed by atoms with Gasteiger partial charge in [-0.1, -0.05) is 0 Å². The molecule has 136 valence electrons. The Labute approximate surface area is 151 Å². The van der Waals surface area contributed by atoms with E-state index in [9.17, 15) is 14.0 Å². The molecule has 0 aromatic heterocycles. The van der Waals surface area contributed by atoms with E-state index in [1.807, 2.05) is 0 Å². The summed E-state index contributed by atoms with van der Waals surface area (Å²) in [7, 11) is 0. The Morgan fingerprint density at radius 3 is 2.27 bits per heavy atom. The van der Waals surface area contributed by atoms with Crippen LogP contribution >= 0.6 is 0 Å². The molecule has 5 heteroatoms. The maximum Gasteiger partial charge on any atom is 0.311 e. The van der Waals surface area contributed by atoms with Gasteiger partial charge in [0.05, 0.1) is 6.10 Å². The number of rotatable bonds is 6. The number of carbonyl (C=O) groups excluding carboxylic acids is 2. The number of carbonyl (C=O) groups is 2. The molecule has 1 heterocycles. The number of hydrogen-bond donors (Lipinski definition) is 0.